The molecule has 0 aliphatic rings. The molecular weight excluding hydrogens is 705 g/mol. The Morgan fingerprint density at radius 1 is 0.281 bits per heavy atom. The summed E-state index contributed by atoms with van der Waals surface area (Å²) in [5, 5.41) is 8.08. The summed E-state index contributed by atoms with van der Waals surface area (Å²) in [7, 11) is -3.10. The zero-order chi connectivity index (χ0) is 38.0. The summed E-state index contributed by atoms with van der Waals surface area (Å²) >= 11 is 0. The first kappa shape index (κ1) is 34.3. The van der Waals surface area contributed by atoms with Crippen LogP contribution in [0.15, 0.2) is 243 Å². The van der Waals surface area contributed by atoms with Crippen molar-refractivity contribution < 1.29 is 0 Å². The van der Waals surface area contributed by atoms with Crippen LogP contribution in [0.4, 0.5) is 17.1 Å². The normalized spacial score (nSPS) is 11.8. The van der Waals surface area contributed by atoms with Crippen molar-refractivity contribution in [3.8, 4) is 16.8 Å². The molecule has 272 valence electrons. The number of anilines is 3. The van der Waals surface area contributed by atoms with Crippen LogP contribution in [0.2, 0.25) is 0 Å². The van der Waals surface area contributed by atoms with Gasteiger partial charge in [0.05, 0.1) is 0 Å². The molecule has 0 N–H and O–H groups in total. The molecular formula is C54H41N2Si-. The summed E-state index contributed by atoms with van der Waals surface area (Å²) < 4.78 is 2.38. The van der Waals surface area contributed by atoms with Crippen LogP contribution in [0.1, 0.15) is 0 Å². The van der Waals surface area contributed by atoms with Crippen LogP contribution in [-0.2, 0) is 0 Å². The van der Waals surface area contributed by atoms with Crippen molar-refractivity contribution in [1.82, 2.24) is 4.57 Å². The molecule has 1 aromatic heterocycles. The zero-order valence-electron chi connectivity index (χ0n) is 31.6. The van der Waals surface area contributed by atoms with E-state index >= 15 is 0 Å². The number of nitrogens with zero attached hydrogens (tertiary/aromatic N) is 2. The molecule has 0 spiro atoms. The number of rotatable bonds is 9. The van der Waals surface area contributed by atoms with E-state index in [0.717, 1.165) is 22.7 Å². The van der Waals surface area contributed by atoms with Crippen molar-refractivity contribution in [3.05, 3.63) is 243 Å². The van der Waals surface area contributed by atoms with Gasteiger partial charge in [-0.2, -0.15) is 0 Å². The molecule has 0 radical (unpaired) electrons. The van der Waals surface area contributed by atoms with Crippen LogP contribution in [-0.4, -0.2) is 12.6 Å². The second-order valence-corrected chi connectivity index (χ2v) is 19.2. The molecule has 57 heavy (non-hydrogen) atoms. The summed E-state index contributed by atoms with van der Waals surface area (Å²) in [6.45, 7) is 0. The summed E-state index contributed by atoms with van der Waals surface area (Å²) in [5.74, 6) is 0. The van der Waals surface area contributed by atoms with Crippen molar-refractivity contribution in [2.24, 2.45) is 0 Å². The molecule has 0 atom stereocenters. The third kappa shape index (κ3) is 6.06. The van der Waals surface area contributed by atoms with Crippen LogP contribution < -0.4 is 25.6 Å². The Balaban J connectivity index is 1.12. The van der Waals surface area contributed by atoms with E-state index in [9.17, 15) is 0 Å². The van der Waals surface area contributed by atoms with Gasteiger partial charge in [0.15, 0.2) is 0 Å². The predicted molar refractivity (Wildman–Crippen MR) is 246 cm³/mol. The van der Waals surface area contributed by atoms with Crippen LogP contribution in [0.5, 0.6) is 0 Å². The topological polar surface area (TPSA) is 8.17 Å². The number of fused-ring (bicyclic) bond motifs is 3. The van der Waals surface area contributed by atoms with Crippen molar-refractivity contribution in [1.29, 1.82) is 0 Å². The first-order valence-electron chi connectivity index (χ1n) is 19.8. The minimum atomic E-state index is -3.10. The van der Waals surface area contributed by atoms with Crippen LogP contribution >= 0.6 is 0 Å². The van der Waals surface area contributed by atoms with Crippen LogP contribution in [0.3, 0.4) is 0 Å². The van der Waals surface area contributed by atoms with Gasteiger partial charge in [0, 0.05) is 0 Å². The van der Waals surface area contributed by atoms with Crippen molar-refractivity contribution in [3.63, 3.8) is 0 Å². The quantitative estimate of drug-likeness (QED) is 0.106. The maximum absolute atomic E-state index is 3.10. The Hall–Kier alpha value is -7.20. The molecule has 0 bridgehead atoms. The summed E-state index contributed by atoms with van der Waals surface area (Å²) in [5.41, 5.74) is 9.27. The molecule has 0 unspecified atom stereocenters. The molecule has 9 aromatic carbocycles. The van der Waals surface area contributed by atoms with E-state index in [-0.39, 0.29) is 0 Å². The average molecular weight is 746 g/mol. The Morgan fingerprint density at radius 3 is 1.07 bits per heavy atom. The number of benzene rings is 9. The Morgan fingerprint density at radius 2 is 0.614 bits per heavy atom. The first-order chi connectivity index (χ1) is 28.3. The fourth-order valence-corrected chi connectivity index (χ4v) is 14.6. The van der Waals surface area contributed by atoms with Gasteiger partial charge in [-0.3, -0.25) is 0 Å². The second-order valence-electron chi connectivity index (χ2n) is 14.8. The molecule has 10 aromatic rings. The van der Waals surface area contributed by atoms with Gasteiger partial charge in [-0.15, -0.1) is 0 Å². The minimum absolute atomic E-state index is 1.10. The Labute approximate surface area is 335 Å². The third-order valence-corrected chi connectivity index (χ3v) is 17.3. The molecule has 0 saturated heterocycles. The monoisotopic (exact) mass is 745 g/mol. The van der Waals surface area contributed by atoms with Crippen molar-refractivity contribution >= 4 is 67.7 Å². The summed E-state index contributed by atoms with van der Waals surface area (Å²) in [6.07, 6.45) is 0. The number of hydrogen-bond acceptors (Lipinski definition) is 1. The van der Waals surface area contributed by atoms with Gasteiger partial charge in [-0.25, -0.2) is 0 Å². The van der Waals surface area contributed by atoms with Crippen molar-refractivity contribution in [2.45, 2.75) is 0 Å². The van der Waals surface area contributed by atoms with E-state index in [2.05, 4.69) is 252 Å². The Kier molecular flexibility index (Phi) is 8.90. The molecule has 2 nitrogen and oxygen atoms in total. The Bertz CT molecular complexity index is 2760. The van der Waals surface area contributed by atoms with E-state index in [1.807, 2.05) is 0 Å². The standard InChI is InChI=1S/C54H41N2Si/c1-5-17-41(18-6-1)42-29-31-43(32-30-42)55(44-33-35-46(36-34-44)56-53-27-15-13-25-51(53)52-26-14-16-28-54(52)56)45-37-39-50(40-38-45)57(47-19-7-2-8-20-47,48-21-9-3-10-22-48)49-23-11-4-12-24-49/h1-40,57H/q-1. The van der Waals surface area contributed by atoms with E-state index in [4.69, 9.17) is 0 Å². The molecule has 1 heterocycles. The van der Waals surface area contributed by atoms with Gasteiger partial charge in [0.1, 0.15) is 0 Å². The van der Waals surface area contributed by atoms with Crippen molar-refractivity contribution in [2.75, 3.05) is 4.90 Å². The first-order valence-corrected chi connectivity index (χ1v) is 22.1. The van der Waals surface area contributed by atoms with Gasteiger partial charge >= 0.3 is 294 Å². The molecule has 0 saturated carbocycles. The number of para-hydroxylation sites is 2. The van der Waals surface area contributed by atoms with Crippen LogP contribution in [0, 0.1) is 0 Å². The molecule has 10 rings (SSSR count). The fourth-order valence-electron chi connectivity index (χ4n) is 9.12. The van der Waals surface area contributed by atoms with Gasteiger partial charge < -0.3 is 0 Å². The molecule has 3 heteroatoms. The molecule has 0 aliphatic heterocycles. The average Bonchev–Trinajstić information content (AvgIpc) is 3.64. The molecule has 0 amide bonds. The van der Waals surface area contributed by atoms with E-state index in [1.165, 1.54) is 53.7 Å². The SMILES string of the molecule is c1ccc(-c2ccc(N(c3ccc(-n4c5ccccc5c5ccccc54)cc3)c3ccc([SiH-](c4ccccc4)(c4ccccc4)c4ccccc4)cc3)cc2)cc1. The van der Waals surface area contributed by atoms with Gasteiger partial charge in [0.2, 0.25) is 0 Å². The molecule has 0 aliphatic carbocycles. The van der Waals surface area contributed by atoms with Gasteiger partial charge in [0.25, 0.3) is 0 Å². The predicted octanol–water partition coefficient (Wildman–Crippen LogP) is 11.0. The van der Waals surface area contributed by atoms with Crippen LogP contribution in [0.25, 0.3) is 38.6 Å². The van der Waals surface area contributed by atoms with Gasteiger partial charge in [-0.05, 0) is 0 Å². The van der Waals surface area contributed by atoms with Gasteiger partial charge in [-0.1, -0.05) is 42.5 Å². The van der Waals surface area contributed by atoms with E-state index in [1.54, 1.807) is 0 Å². The summed E-state index contributed by atoms with van der Waals surface area (Å²) in [6, 6.07) is 88.9. The van der Waals surface area contributed by atoms with E-state index < -0.39 is 8.07 Å². The summed E-state index contributed by atoms with van der Waals surface area (Å²) in [4.78, 5) is 2.38. The molecule has 0 fully saturated rings. The zero-order valence-corrected chi connectivity index (χ0v) is 32.7. The van der Waals surface area contributed by atoms with E-state index in [0.29, 0.717) is 0 Å². The fraction of sp³-hybridized carbons (Fsp3) is 0. The third-order valence-electron chi connectivity index (χ3n) is 11.7. The maximum atomic E-state index is 2.39. The number of hydrogen-bond donors (Lipinski definition) is 0. The second kappa shape index (κ2) is 14.8. The number of aromatic nitrogens is 1.